The highest BCUT2D eigenvalue weighted by Crippen LogP contribution is 2.42. The molecule has 0 unspecified atom stereocenters. The number of fused-ring (bicyclic) bond motifs is 2. The SMILES string of the molecule is CN(CCCN1C(=O)c2ccccc2C1=O)C[C@H]1C[C@@H](NC(=O)O)[C@@H]2OC(C)(C)O[C@H]12. The molecule has 3 amide bonds. The lowest BCUT2D eigenvalue weighted by Crippen LogP contribution is -2.42. The first-order valence-corrected chi connectivity index (χ1v) is 10.6. The van der Waals surface area contributed by atoms with Gasteiger partial charge in [-0.2, -0.15) is 0 Å². The number of carbonyl (C=O) groups is 3. The minimum absolute atomic E-state index is 0.118. The quantitative estimate of drug-likeness (QED) is 0.634. The standard InChI is InChI=1S/C22H29N3O6/c1-22(2)30-17-13(11-16(18(17)31-22)23-21(28)29)12-24(3)9-6-10-25-19(26)14-7-4-5-8-15(14)20(25)27/h4-5,7-8,13,16-18,23H,6,9-12H2,1-3H3,(H,28,29)/t13-,16-,17-,18+/m1/s1. The van der Waals surface area contributed by atoms with Crippen LogP contribution in [0.4, 0.5) is 4.79 Å². The molecule has 0 bridgehead atoms. The van der Waals surface area contributed by atoms with Crippen LogP contribution >= 0.6 is 0 Å². The molecule has 9 nitrogen and oxygen atoms in total. The van der Waals surface area contributed by atoms with Crippen molar-refractivity contribution in [3.05, 3.63) is 35.4 Å². The van der Waals surface area contributed by atoms with Gasteiger partial charge in [-0.15, -0.1) is 0 Å². The summed E-state index contributed by atoms with van der Waals surface area (Å²) in [5.74, 6) is -1.09. The summed E-state index contributed by atoms with van der Waals surface area (Å²) in [6.45, 7) is 5.45. The minimum atomic E-state index is -1.06. The van der Waals surface area contributed by atoms with Gasteiger partial charge in [0.15, 0.2) is 5.79 Å². The smallest absolute Gasteiger partial charge is 0.404 e. The largest absolute Gasteiger partial charge is 0.465 e. The first-order chi connectivity index (χ1) is 14.7. The van der Waals surface area contributed by atoms with Crippen molar-refractivity contribution in [1.82, 2.24) is 15.1 Å². The van der Waals surface area contributed by atoms with Crippen LogP contribution in [-0.4, -0.2) is 83.5 Å². The summed E-state index contributed by atoms with van der Waals surface area (Å²) in [5, 5.41) is 11.7. The molecule has 4 atom stereocenters. The van der Waals surface area contributed by atoms with E-state index in [0.29, 0.717) is 43.6 Å². The van der Waals surface area contributed by atoms with Crippen LogP contribution in [0.5, 0.6) is 0 Å². The zero-order valence-electron chi connectivity index (χ0n) is 18.0. The van der Waals surface area contributed by atoms with Gasteiger partial charge in [-0.05, 0) is 52.4 Å². The van der Waals surface area contributed by atoms with E-state index in [4.69, 9.17) is 14.6 Å². The number of hydrogen-bond donors (Lipinski definition) is 2. The number of carboxylic acid groups (broad SMARTS) is 1. The maximum absolute atomic E-state index is 12.5. The highest BCUT2D eigenvalue weighted by molar-refractivity contribution is 6.21. The van der Waals surface area contributed by atoms with Gasteiger partial charge < -0.3 is 24.8 Å². The Kier molecular flexibility index (Phi) is 5.76. The number of amides is 3. The monoisotopic (exact) mass is 431 g/mol. The van der Waals surface area contributed by atoms with Gasteiger partial charge in [0, 0.05) is 19.0 Å². The van der Waals surface area contributed by atoms with Gasteiger partial charge in [0.2, 0.25) is 0 Å². The molecule has 0 spiro atoms. The summed E-state index contributed by atoms with van der Waals surface area (Å²) in [4.78, 5) is 39.6. The van der Waals surface area contributed by atoms with E-state index in [1.165, 1.54) is 4.90 Å². The Hall–Kier alpha value is -2.49. The van der Waals surface area contributed by atoms with Gasteiger partial charge >= 0.3 is 6.09 Å². The molecule has 1 aliphatic carbocycles. The predicted octanol–water partition coefficient (Wildman–Crippen LogP) is 1.78. The van der Waals surface area contributed by atoms with Crippen LogP contribution in [0.15, 0.2) is 24.3 Å². The molecular weight excluding hydrogens is 402 g/mol. The molecule has 9 heteroatoms. The highest BCUT2D eigenvalue weighted by atomic mass is 16.8. The molecule has 1 saturated heterocycles. The van der Waals surface area contributed by atoms with E-state index in [1.54, 1.807) is 24.3 Å². The fraction of sp³-hybridized carbons (Fsp3) is 0.591. The Bertz CT molecular complexity index is 853. The number of ether oxygens (including phenoxy) is 2. The van der Waals surface area contributed by atoms with Crippen LogP contribution < -0.4 is 5.32 Å². The maximum atomic E-state index is 12.5. The maximum Gasteiger partial charge on any atom is 0.404 e. The van der Waals surface area contributed by atoms with E-state index in [1.807, 2.05) is 20.9 Å². The topological polar surface area (TPSA) is 108 Å². The third kappa shape index (κ3) is 4.30. The van der Waals surface area contributed by atoms with E-state index < -0.39 is 11.9 Å². The summed E-state index contributed by atoms with van der Waals surface area (Å²) in [6.07, 6.45) is -0.247. The first-order valence-electron chi connectivity index (χ1n) is 10.6. The molecule has 1 aromatic carbocycles. The van der Waals surface area contributed by atoms with Gasteiger partial charge in [0.05, 0.1) is 23.3 Å². The molecule has 0 aromatic heterocycles. The second-order valence-electron chi connectivity index (χ2n) is 9.04. The highest BCUT2D eigenvalue weighted by Gasteiger charge is 2.54. The molecule has 31 heavy (non-hydrogen) atoms. The zero-order valence-corrected chi connectivity index (χ0v) is 18.0. The molecule has 2 heterocycles. The fourth-order valence-corrected chi connectivity index (χ4v) is 5.00. The molecular formula is C22H29N3O6. The summed E-state index contributed by atoms with van der Waals surface area (Å²) < 4.78 is 12.0. The Morgan fingerprint density at radius 3 is 2.42 bits per heavy atom. The van der Waals surface area contributed by atoms with Crippen molar-refractivity contribution in [3.63, 3.8) is 0 Å². The van der Waals surface area contributed by atoms with Crippen LogP contribution in [0.2, 0.25) is 0 Å². The molecule has 168 valence electrons. The van der Waals surface area contributed by atoms with E-state index in [2.05, 4.69) is 10.2 Å². The summed E-state index contributed by atoms with van der Waals surface area (Å²) in [5.41, 5.74) is 0.937. The molecule has 2 fully saturated rings. The van der Waals surface area contributed by atoms with Crippen LogP contribution in [0.1, 0.15) is 47.4 Å². The second kappa shape index (κ2) is 8.22. The second-order valence-corrected chi connectivity index (χ2v) is 9.04. The van der Waals surface area contributed by atoms with Crippen molar-refractivity contribution in [2.45, 2.75) is 50.7 Å². The molecule has 4 rings (SSSR count). The summed E-state index contributed by atoms with van der Waals surface area (Å²) in [6, 6.07) is 6.59. The zero-order chi connectivity index (χ0) is 22.3. The van der Waals surface area contributed by atoms with Gasteiger partial charge in [-0.25, -0.2) is 4.79 Å². The molecule has 1 saturated carbocycles. The van der Waals surface area contributed by atoms with E-state index >= 15 is 0 Å². The number of rotatable bonds is 7. The summed E-state index contributed by atoms with van der Waals surface area (Å²) >= 11 is 0. The lowest BCUT2D eigenvalue weighted by Gasteiger charge is -2.26. The molecule has 2 N–H and O–H groups in total. The Morgan fingerprint density at radius 2 is 1.81 bits per heavy atom. The van der Waals surface area contributed by atoms with Crippen molar-refractivity contribution in [3.8, 4) is 0 Å². The summed E-state index contributed by atoms with van der Waals surface area (Å²) in [7, 11) is 1.98. The van der Waals surface area contributed by atoms with Crippen molar-refractivity contribution in [2.75, 3.05) is 26.7 Å². The number of nitrogens with zero attached hydrogens (tertiary/aromatic N) is 2. The van der Waals surface area contributed by atoms with Crippen molar-refractivity contribution < 1.29 is 29.0 Å². The Morgan fingerprint density at radius 1 is 1.19 bits per heavy atom. The number of imide groups is 1. The average Bonchev–Trinajstić information content (AvgIpc) is 3.26. The van der Waals surface area contributed by atoms with Crippen LogP contribution in [-0.2, 0) is 9.47 Å². The van der Waals surface area contributed by atoms with Crippen LogP contribution in [0.25, 0.3) is 0 Å². The van der Waals surface area contributed by atoms with Crippen LogP contribution in [0.3, 0.4) is 0 Å². The van der Waals surface area contributed by atoms with Gasteiger partial charge in [-0.3, -0.25) is 14.5 Å². The Balaban J connectivity index is 1.30. The number of benzene rings is 1. The predicted molar refractivity (Wildman–Crippen MR) is 111 cm³/mol. The van der Waals surface area contributed by atoms with Crippen molar-refractivity contribution in [2.24, 2.45) is 5.92 Å². The normalized spacial score (nSPS) is 28.8. The molecule has 3 aliphatic rings. The number of carbonyl (C=O) groups excluding carboxylic acids is 2. The van der Waals surface area contributed by atoms with Gasteiger partial charge in [0.25, 0.3) is 11.8 Å². The lowest BCUT2D eigenvalue weighted by molar-refractivity contribution is -0.159. The lowest BCUT2D eigenvalue weighted by atomic mass is 10.0. The number of hydrogen-bond acceptors (Lipinski definition) is 6. The third-order valence-corrected chi connectivity index (χ3v) is 6.24. The minimum Gasteiger partial charge on any atom is -0.465 e. The van der Waals surface area contributed by atoms with Gasteiger partial charge in [0.1, 0.15) is 6.10 Å². The molecule has 0 radical (unpaired) electrons. The van der Waals surface area contributed by atoms with E-state index in [-0.39, 0.29) is 36.0 Å². The molecule has 1 aromatic rings. The van der Waals surface area contributed by atoms with Crippen molar-refractivity contribution in [1.29, 1.82) is 0 Å². The van der Waals surface area contributed by atoms with Crippen LogP contribution in [0, 0.1) is 5.92 Å². The number of nitrogens with one attached hydrogen (secondary N) is 1. The first kappa shape index (κ1) is 21.7. The van der Waals surface area contributed by atoms with Crippen molar-refractivity contribution >= 4 is 17.9 Å². The third-order valence-electron chi connectivity index (χ3n) is 6.24. The Labute approximate surface area is 181 Å². The molecule has 2 aliphatic heterocycles. The van der Waals surface area contributed by atoms with Gasteiger partial charge in [-0.1, -0.05) is 12.1 Å². The van der Waals surface area contributed by atoms with E-state index in [9.17, 15) is 14.4 Å². The van der Waals surface area contributed by atoms with E-state index in [0.717, 1.165) is 0 Å². The fourth-order valence-electron chi connectivity index (χ4n) is 5.00. The average molecular weight is 431 g/mol.